The highest BCUT2D eigenvalue weighted by Gasteiger charge is 2.16. The largest absolute Gasteiger partial charge is 0.497 e. The molecule has 4 aromatic rings. The van der Waals surface area contributed by atoms with Crippen molar-refractivity contribution in [2.75, 3.05) is 12.4 Å². The summed E-state index contributed by atoms with van der Waals surface area (Å²) in [4.78, 5) is 38.6. The summed E-state index contributed by atoms with van der Waals surface area (Å²) in [5.74, 6) is 0.480. The summed E-state index contributed by atoms with van der Waals surface area (Å²) in [6.07, 6.45) is 0.473. The highest BCUT2D eigenvalue weighted by Crippen LogP contribution is 2.18. The van der Waals surface area contributed by atoms with Crippen molar-refractivity contribution >= 4 is 33.1 Å². The first-order valence-electron chi connectivity index (χ1n) is 10.6. The molecule has 1 amide bonds. The van der Waals surface area contributed by atoms with Gasteiger partial charge in [0.2, 0.25) is 5.91 Å². The van der Waals surface area contributed by atoms with Crippen molar-refractivity contribution in [3.05, 3.63) is 91.9 Å². The second kappa shape index (κ2) is 10.2. The Hall–Kier alpha value is -4.16. The molecule has 1 N–H and O–H groups in total. The molecule has 0 aliphatic rings. The summed E-state index contributed by atoms with van der Waals surface area (Å²) in [5, 5.41) is 14.0. The van der Waals surface area contributed by atoms with E-state index in [2.05, 4.69) is 11.4 Å². The fourth-order valence-electron chi connectivity index (χ4n) is 3.72. The number of methoxy groups -OCH3 is 1. The molecule has 4 rings (SSSR count). The number of thiophene rings is 1. The van der Waals surface area contributed by atoms with Gasteiger partial charge >= 0.3 is 5.69 Å². The minimum Gasteiger partial charge on any atom is -0.497 e. The quantitative estimate of drug-likeness (QED) is 0.420. The first-order valence-corrected chi connectivity index (χ1v) is 11.5. The number of nitriles is 1. The number of rotatable bonds is 8. The lowest BCUT2D eigenvalue weighted by Gasteiger charge is -2.13. The number of carbonyl (C=O) groups is 1. The van der Waals surface area contributed by atoms with Gasteiger partial charge in [-0.3, -0.25) is 18.7 Å². The van der Waals surface area contributed by atoms with Crippen LogP contribution in [-0.4, -0.2) is 22.2 Å². The molecule has 0 saturated carbocycles. The second-order valence-corrected chi connectivity index (χ2v) is 8.53. The van der Waals surface area contributed by atoms with E-state index in [0.29, 0.717) is 39.2 Å². The van der Waals surface area contributed by atoms with Crippen molar-refractivity contribution in [2.45, 2.75) is 25.9 Å². The molecular formula is C25H22N4O4S. The maximum Gasteiger partial charge on any atom is 0.331 e. The van der Waals surface area contributed by atoms with Gasteiger partial charge in [-0.05, 0) is 53.8 Å². The number of fused-ring (bicyclic) bond motifs is 1. The van der Waals surface area contributed by atoms with E-state index in [4.69, 9.17) is 4.74 Å². The van der Waals surface area contributed by atoms with Crippen LogP contribution in [0.5, 0.6) is 5.75 Å². The molecule has 9 heteroatoms. The predicted octanol–water partition coefficient (Wildman–Crippen LogP) is 3.57. The fourth-order valence-corrected chi connectivity index (χ4v) is 4.56. The minimum atomic E-state index is -0.459. The summed E-state index contributed by atoms with van der Waals surface area (Å²) >= 11 is 1.27. The topological polar surface area (TPSA) is 106 Å². The maximum absolute atomic E-state index is 13.3. The van der Waals surface area contributed by atoms with Crippen LogP contribution in [0.4, 0.5) is 5.69 Å². The summed E-state index contributed by atoms with van der Waals surface area (Å²) in [6, 6.07) is 17.9. The molecule has 8 nitrogen and oxygen atoms in total. The van der Waals surface area contributed by atoms with Gasteiger partial charge in [-0.1, -0.05) is 18.2 Å². The second-order valence-electron chi connectivity index (χ2n) is 7.61. The number of aromatic nitrogens is 2. The van der Waals surface area contributed by atoms with Gasteiger partial charge in [-0.15, -0.1) is 11.3 Å². The number of benzene rings is 2. The van der Waals surface area contributed by atoms with Gasteiger partial charge in [0, 0.05) is 18.7 Å². The van der Waals surface area contributed by atoms with Crippen LogP contribution in [0, 0.1) is 11.3 Å². The maximum atomic E-state index is 13.3. The number of nitrogens with one attached hydrogen (secondary N) is 1. The molecule has 2 aromatic heterocycles. The van der Waals surface area contributed by atoms with Crippen molar-refractivity contribution in [3.63, 3.8) is 0 Å². The number of carbonyl (C=O) groups excluding carboxylic acids is 1. The predicted molar refractivity (Wildman–Crippen MR) is 131 cm³/mol. The molecule has 0 unspecified atom stereocenters. The van der Waals surface area contributed by atoms with E-state index in [9.17, 15) is 19.6 Å². The molecule has 0 radical (unpaired) electrons. The van der Waals surface area contributed by atoms with Crippen molar-refractivity contribution < 1.29 is 9.53 Å². The number of hydrogen-bond acceptors (Lipinski definition) is 6. The average Bonchev–Trinajstić information content (AvgIpc) is 3.35. The van der Waals surface area contributed by atoms with Crippen LogP contribution in [0.3, 0.4) is 0 Å². The molecule has 0 saturated heterocycles. The third-order valence-electron chi connectivity index (χ3n) is 5.46. The molecule has 34 heavy (non-hydrogen) atoms. The van der Waals surface area contributed by atoms with E-state index in [1.54, 1.807) is 61.0 Å². The van der Waals surface area contributed by atoms with E-state index in [1.165, 1.54) is 20.5 Å². The normalized spacial score (nSPS) is 10.7. The zero-order valence-electron chi connectivity index (χ0n) is 18.5. The van der Waals surface area contributed by atoms with Crippen LogP contribution in [0.1, 0.15) is 24.0 Å². The number of anilines is 1. The first kappa shape index (κ1) is 23.0. The fraction of sp³-hybridized carbons (Fsp3) is 0.200. The molecule has 0 bridgehead atoms. The molecule has 172 valence electrons. The average molecular weight is 475 g/mol. The summed E-state index contributed by atoms with van der Waals surface area (Å²) in [6.45, 7) is 0.287. The molecule has 0 atom stereocenters. The molecule has 0 aliphatic carbocycles. The Morgan fingerprint density at radius 1 is 1.09 bits per heavy atom. The Morgan fingerprint density at radius 2 is 1.85 bits per heavy atom. The minimum absolute atomic E-state index is 0.113. The third kappa shape index (κ3) is 4.77. The van der Waals surface area contributed by atoms with Gasteiger partial charge in [-0.25, -0.2) is 4.79 Å². The van der Waals surface area contributed by atoms with Crippen LogP contribution in [0.25, 0.3) is 10.2 Å². The molecule has 0 spiro atoms. The van der Waals surface area contributed by atoms with E-state index in [-0.39, 0.29) is 31.0 Å². The van der Waals surface area contributed by atoms with Crippen LogP contribution in [-0.2, 0) is 17.9 Å². The zero-order chi connectivity index (χ0) is 24.1. The Labute approximate surface area is 199 Å². The van der Waals surface area contributed by atoms with Crippen molar-refractivity contribution in [2.24, 2.45) is 0 Å². The van der Waals surface area contributed by atoms with Gasteiger partial charge in [0.05, 0.1) is 30.8 Å². The Bertz CT molecular complexity index is 1490. The smallest absolute Gasteiger partial charge is 0.331 e. The lowest BCUT2D eigenvalue weighted by atomic mass is 10.1. The van der Waals surface area contributed by atoms with Crippen molar-refractivity contribution in [3.8, 4) is 11.8 Å². The van der Waals surface area contributed by atoms with E-state index in [1.807, 2.05) is 6.07 Å². The lowest BCUT2D eigenvalue weighted by Crippen LogP contribution is -2.40. The van der Waals surface area contributed by atoms with Gasteiger partial charge in [-0.2, -0.15) is 5.26 Å². The van der Waals surface area contributed by atoms with E-state index in [0.717, 1.165) is 0 Å². The van der Waals surface area contributed by atoms with Gasteiger partial charge < -0.3 is 10.1 Å². The monoisotopic (exact) mass is 474 g/mol. The molecule has 0 aliphatic heterocycles. The Morgan fingerprint density at radius 3 is 2.59 bits per heavy atom. The van der Waals surface area contributed by atoms with Crippen LogP contribution >= 0.6 is 11.3 Å². The third-order valence-corrected chi connectivity index (χ3v) is 6.35. The summed E-state index contributed by atoms with van der Waals surface area (Å²) < 4.78 is 8.26. The number of amides is 1. The SMILES string of the molecule is COc1ccc(NC(=O)CCCn2c(=O)c3sccc3n(Cc3ccccc3C#N)c2=O)cc1. The van der Waals surface area contributed by atoms with Crippen molar-refractivity contribution in [1.82, 2.24) is 9.13 Å². The van der Waals surface area contributed by atoms with Crippen LogP contribution in [0.15, 0.2) is 69.6 Å². The van der Waals surface area contributed by atoms with Gasteiger partial charge in [0.25, 0.3) is 5.56 Å². The molecule has 2 heterocycles. The number of hydrogen-bond donors (Lipinski definition) is 1. The van der Waals surface area contributed by atoms with Crippen LogP contribution in [0.2, 0.25) is 0 Å². The van der Waals surface area contributed by atoms with E-state index >= 15 is 0 Å². The summed E-state index contributed by atoms with van der Waals surface area (Å²) in [7, 11) is 1.57. The van der Waals surface area contributed by atoms with Gasteiger partial charge in [0.15, 0.2) is 0 Å². The zero-order valence-corrected chi connectivity index (χ0v) is 19.3. The summed E-state index contributed by atoms with van der Waals surface area (Å²) in [5.41, 5.74) is 1.53. The number of nitrogens with zero attached hydrogens (tertiary/aromatic N) is 3. The molecule has 2 aromatic carbocycles. The first-order chi connectivity index (χ1) is 16.5. The van der Waals surface area contributed by atoms with E-state index < -0.39 is 5.69 Å². The number of ether oxygens (including phenoxy) is 1. The molecular weight excluding hydrogens is 452 g/mol. The lowest BCUT2D eigenvalue weighted by molar-refractivity contribution is -0.116. The van der Waals surface area contributed by atoms with Crippen LogP contribution < -0.4 is 21.3 Å². The Kier molecular flexibility index (Phi) is 6.90. The Balaban J connectivity index is 1.53. The van der Waals surface area contributed by atoms with Gasteiger partial charge in [0.1, 0.15) is 10.4 Å². The molecule has 0 fully saturated rings. The standard InChI is InChI=1S/C25H22N4O4S/c1-33-20-10-8-19(9-11-20)27-22(30)7-4-13-28-24(31)23-21(12-14-34-23)29(25(28)32)16-18-6-3-2-5-17(18)15-26/h2-3,5-6,8-12,14H,4,7,13,16H2,1H3,(H,27,30). The highest BCUT2D eigenvalue weighted by atomic mass is 32.1. The highest BCUT2D eigenvalue weighted by molar-refractivity contribution is 7.17. The van der Waals surface area contributed by atoms with Crippen molar-refractivity contribution in [1.29, 1.82) is 5.26 Å².